The van der Waals surface area contributed by atoms with Crippen LogP contribution in [0.3, 0.4) is 0 Å². The molecule has 22 heavy (non-hydrogen) atoms. The van der Waals surface area contributed by atoms with Gasteiger partial charge in [-0.25, -0.2) is 0 Å². The first-order chi connectivity index (χ1) is 10.8. The molecule has 2 aliphatic rings. The summed E-state index contributed by atoms with van der Waals surface area (Å²) in [6.07, 6.45) is 8.62. The van der Waals surface area contributed by atoms with E-state index in [0.717, 1.165) is 0 Å². The van der Waals surface area contributed by atoms with Crippen LogP contribution in [0.1, 0.15) is 22.3 Å². The molecule has 2 aromatic rings. The second-order valence-electron chi connectivity index (χ2n) is 5.73. The van der Waals surface area contributed by atoms with Gasteiger partial charge in [0, 0.05) is 37.6 Å². The van der Waals surface area contributed by atoms with Crippen LogP contribution in [0.15, 0.2) is 60.9 Å². The van der Waals surface area contributed by atoms with Crippen LogP contribution in [0, 0.1) is 0 Å². The number of rotatable bonds is 0. The maximum atomic E-state index is 2.21. The lowest BCUT2D eigenvalue weighted by Gasteiger charge is -2.33. The molecule has 2 heterocycles. The summed E-state index contributed by atoms with van der Waals surface area (Å²) < 4.78 is 0. The van der Waals surface area contributed by atoms with Gasteiger partial charge in [0.05, 0.1) is 11.4 Å². The summed E-state index contributed by atoms with van der Waals surface area (Å²) in [5, 5.41) is 0. The van der Waals surface area contributed by atoms with Crippen molar-refractivity contribution in [1.29, 1.82) is 0 Å². The Morgan fingerprint density at radius 1 is 0.591 bits per heavy atom. The lowest BCUT2D eigenvalue weighted by Crippen LogP contribution is -2.22. The Kier molecular flexibility index (Phi) is 2.90. The van der Waals surface area contributed by atoms with E-state index in [-0.39, 0.29) is 0 Å². The maximum absolute atomic E-state index is 2.21. The standard InChI is InChI=1S/C20H18N2/c1-21-13-11-15-7-3-5-9-17(15)19(21)20-18-10-6-4-8-16(18)12-14-22(20)2/h3-14H,1-2H3/b20-19-. The minimum absolute atomic E-state index is 1.25. The van der Waals surface area contributed by atoms with Gasteiger partial charge in [0.1, 0.15) is 0 Å². The molecule has 108 valence electrons. The van der Waals surface area contributed by atoms with Crippen LogP contribution < -0.4 is 0 Å². The molecule has 2 aromatic carbocycles. The Labute approximate surface area is 131 Å². The largest absolute Gasteiger partial charge is 0.349 e. The van der Waals surface area contributed by atoms with Gasteiger partial charge in [0.15, 0.2) is 0 Å². The Morgan fingerprint density at radius 3 is 1.45 bits per heavy atom. The van der Waals surface area contributed by atoms with Gasteiger partial charge in [-0.3, -0.25) is 0 Å². The van der Waals surface area contributed by atoms with Crippen molar-refractivity contribution in [2.45, 2.75) is 0 Å². The molecule has 0 saturated heterocycles. The van der Waals surface area contributed by atoms with E-state index in [0.29, 0.717) is 0 Å². The summed E-state index contributed by atoms with van der Waals surface area (Å²) in [5.74, 6) is 0. The van der Waals surface area contributed by atoms with Crippen LogP contribution in [-0.2, 0) is 0 Å². The van der Waals surface area contributed by atoms with E-state index in [1.165, 1.54) is 33.6 Å². The molecular weight excluding hydrogens is 268 g/mol. The minimum atomic E-state index is 1.25. The van der Waals surface area contributed by atoms with E-state index in [1.54, 1.807) is 0 Å². The molecule has 0 aliphatic carbocycles. The molecule has 0 bridgehead atoms. The number of nitrogens with zero attached hydrogens (tertiary/aromatic N) is 2. The summed E-state index contributed by atoms with van der Waals surface area (Å²) in [6, 6.07) is 17.1. The van der Waals surface area contributed by atoms with Crippen molar-refractivity contribution in [3.63, 3.8) is 0 Å². The second kappa shape index (κ2) is 4.92. The average molecular weight is 286 g/mol. The fourth-order valence-electron chi connectivity index (χ4n) is 3.22. The lowest BCUT2D eigenvalue weighted by molar-refractivity contribution is 0.611. The van der Waals surface area contributed by atoms with E-state index in [4.69, 9.17) is 0 Å². The molecule has 0 saturated carbocycles. The maximum Gasteiger partial charge on any atom is 0.0730 e. The van der Waals surface area contributed by atoms with Crippen LogP contribution in [-0.4, -0.2) is 23.9 Å². The minimum Gasteiger partial charge on any atom is -0.349 e. The lowest BCUT2D eigenvalue weighted by atomic mass is 9.93. The second-order valence-corrected chi connectivity index (χ2v) is 5.73. The summed E-state index contributed by atoms with van der Waals surface area (Å²) in [4.78, 5) is 4.42. The number of hydrogen-bond donors (Lipinski definition) is 0. The molecule has 2 aliphatic heterocycles. The van der Waals surface area contributed by atoms with E-state index in [9.17, 15) is 0 Å². The van der Waals surface area contributed by atoms with Crippen molar-refractivity contribution < 1.29 is 0 Å². The quantitative estimate of drug-likeness (QED) is 0.710. The SMILES string of the molecule is CN1C=Cc2ccccc2/C1=C1\c2ccccc2C=CN1C. The average Bonchev–Trinajstić information content (AvgIpc) is 2.56. The fraction of sp³-hybridized carbons (Fsp3) is 0.100. The van der Waals surface area contributed by atoms with Crippen molar-refractivity contribution >= 4 is 23.5 Å². The highest BCUT2D eigenvalue weighted by atomic mass is 15.2. The zero-order valence-electron chi connectivity index (χ0n) is 12.8. The van der Waals surface area contributed by atoms with Gasteiger partial charge < -0.3 is 9.80 Å². The molecule has 0 spiro atoms. The molecule has 2 nitrogen and oxygen atoms in total. The van der Waals surface area contributed by atoms with Crippen molar-refractivity contribution in [3.8, 4) is 0 Å². The summed E-state index contributed by atoms with van der Waals surface area (Å²) in [5.41, 5.74) is 7.58. The Morgan fingerprint density at radius 2 is 1.00 bits per heavy atom. The molecule has 4 rings (SSSR count). The Balaban J connectivity index is 2.04. The molecule has 0 radical (unpaired) electrons. The molecular formula is C20H18N2. The van der Waals surface area contributed by atoms with Crippen LogP contribution in [0.25, 0.3) is 23.5 Å². The molecule has 0 aromatic heterocycles. The first-order valence-electron chi connectivity index (χ1n) is 7.51. The predicted octanol–water partition coefficient (Wildman–Crippen LogP) is 4.34. The van der Waals surface area contributed by atoms with Gasteiger partial charge in [0.25, 0.3) is 0 Å². The summed E-state index contributed by atoms with van der Waals surface area (Å²) in [6.45, 7) is 0. The zero-order chi connectivity index (χ0) is 15.1. The first kappa shape index (κ1) is 13.0. The summed E-state index contributed by atoms with van der Waals surface area (Å²) in [7, 11) is 4.23. The van der Waals surface area contributed by atoms with Crippen LogP contribution in [0.2, 0.25) is 0 Å². The van der Waals surface area contributed by atoms with Gasteiger partial charge in [-0.1, -0.05) is 48.5 Å². The van der Waals surface area contributed by atoms with E-state index in [1.807, 2.05) is 0 Å². The third kappa shape index (κ3) is 1.88. The molecule has 0 fully saturated rings. The van der Waals surface area contributed by atoms with Crippen LogP contribution in [0.4, 0.5) is 0 Å². The topological polar surface area (TPSA) is 6.48 Å². The molecule has 2 heteroatoms. The number of hydrogen-bond acceptors (Lipinski definition) is 2. The zero-order valence-corrected chi connectivity index (χ0v) is 12.8. The van der Waals surface area contributed by atoms with E-state index in [2.05, 4.69) is 97.0 Å². The fourth-order valence-corrected chi connectivity index (χ4v) is 3.22. The van der Waals surface area contributed by atoms with Gasteiger partial charge in [-0.15, -0.1) is 0 Å². The van der Waals surface area contributed by atoms with Gasteiger partial charge in [-0.05, 0) is 23.3 Å². The number of fused-ring (bicyclic) bond motifs is 2. The monoisotopic (exact) mass is 286 g/mol. The van der Waals surface area contributed by atoms with Crippen molar-refractivity contribution in [3.05, 3.63) is 83.2 Å². The highest BCUT2D eigenvalue weighted by molar-refractivity contribution is 5.96. The highest BCUT2D eigenvalue weighted by Crippen LogP contribution is 2.38. The van der Waals surface area contributed by atoms with Gasteiger partial charge in [-0.2, -0.15) is 0 Å². The molecule has 0 N–H and O–H groups in total. The molecule has 0 amide bonds. The smallest absolute Gasteiger partial charge is 0.0730 e. The molecule has 0 unspecified atom stereocenters. The predicted molar refractivity (Wildman–Crippen MR) is 93.3 cm³/mol. The van der Waals surface area contributed by atoms with Crippen LogP contribution in [0.5, 0.6) is 0 Å². The summed E-state index contributed by atoms with van der Waals surface area (Å²) >= 11 is 0. The van der Waals surface area contributed by atoms with E-state index < -0.39 is 0 Å². The normalized spacial score (nSPS) is 19.2. The van der Waals surface area contributed by atoms with Gasteiger partial charge in [0.2, 0.25) is 0 Å². The van der Waals surface area contributed by atoms with Crippen molar-refractivity contribution in [2.75, 3.05) is 14.1 Å². The Bertz CT molecular complexity index is 758. The van der Waals surface area contributed by atoms with Crippen LogP contribution >= 0.6 is 0 Å². The van der Waals surface area contributed by atoms with Gasteiger partial charge >= 0.3 is 0 Å². The third-order valence-electron chi connectivity index (χ3n) is 4.32. The third-order valence-corrected chi connectivity index (χ3v) is 4.32. The first-order valence-corrected chi connectivity index (χ1v) is 7.51. The van der Waals surface area contributed by atoms with E-state index >= 15 is 0 Å². The highest BCUT2D eigenvalue weighted by Gasteiger charge is 2.24. The molecule has 0 atom stereocenters. The number of benzene rings is 2. The van der Waals surface area contributed by atoms with Crippen molar-refractivity contribution in [2.24, 2.45) is 0 Å². The van der Waals surface area contributed by atoms with Crippen molar-refractivity contribution in [1.82, 2.24) is 9.80 Å². The Hall–Kier alpha value is -2.74.